The molecule has 2 aliphatic rings. The largest absolute Gasteiger partial charge is 0.421 e. The predicted molar refractivity (Wildman–Crippen MR) is 93.3 cm³/mol. The minimum atomic E-state index is -4.76. The quantitative estimate of drug-likeness (QED) is 0.844. The molecule has 4 nitrogen and oxygen atoms in total. The van der Waals surface area contributed by atoms with Crippen molar-refractivity contribution in [2.24, 2.45) is 0 Å². The second kappa shape index (κ2) is 5.74. The van der Waals surface area contributed by atoms with Crippen LogP contribution in [0, 0.1) is 0 Å². The summed E-state index contributed by atoms with van der Waals surface area (Å²) in [6.45, 7) is 7.38. The monoisotopic (exact) mass is 367 g/mol. The molecule has 2 N–H and O–H groups in total. The zero-order valence-corrected chi connectivity index (χ0v) is 15.5. The minimum absolute atomic E-state index is 0.0837. The third-order valence-electron chi connectivity index (χ3n) is 5.81. The molecule has 1 heterocycles. The fraction of sp³-hybridized carbons (Fsp3) is 0.526. The number of allylic oxidation sites excluding steroid dienone is 1. The Morgan fingerprint density at radius 3 is 2.38 bits per heavy atom. The average molecular weight is 367 g/mol. The summed E-state index contributed by atoms with van der Waals surface area (Å²) in [5.41, 5.74) is 1.54. The first-order valence-corrected chi connectivity index (χ1v) is 8.60. The van der Waals surface area contributed by atoms with Gasteiger partial charge in [-0.05, 0) is 24.1 Å². The number of carbonyl (C=O) groups excluding carboxylic acids is 1. The molecule has 0 bridgehead atoms. The summed E-state index contributed by atoms with van der Waals surface area (Å²) in [5.74, 6) is -1.16. The Bertz CT molecular complexity index is 772. The molecule has 0 spiro atoms. The zero-order chi connectivity index (χ0) is 19.5. The lowest BCUT2D eigenvalue weighted by Gasteiger charge is -2.36. The molecule has 142 valence electrons. The van der Waals surface area contributed by atoms with Gasteiger partial charge in [-0.1, -0.05) is 45.0 Å². The Hall–Kier alpha value is -2.02. The molecule has 0 aromatic heterocycles. The molecule has 0 fully saturated rings. The van der Waals surface area contributed by atoms with Gasteiger partial charge in [0.05, 0.1) is 0 Å². The Kier molecular flexibility index (Phi) is 4.14. The molecule has 3 rings (SSSR count). The molecular weight excluding hydrogens is 343 g/mol. The van der Waals surface area contributed by atoms with Crippen molar-refractivity contribution in [2.75, 3.05) is 7.05 Å². The number of benzene rings is 1. The maximum atomic E-state index is 13.8. The highest BCUT2D eigenvalue weighted by atomic mass is 19.4. The van der Waals surface area contributed by atoms with Crippen molar-refractivity contribution in [3.63, 3.8) is 0 Å². The maximum Gasteiger partial charge on any atom is 0.421 e. The number of hydrogen-bond acceptors (Lipinski definition) is 3. The molecule has 1 aromatic carbocycles. The van der Waals surface area contributed by atoms with Gasteiger partial charge in [-0.15, -0.1) is 0 Å². The van der Waals surface area contributed by atoms with Gasteiger partial charge >= 0.3 is 6.18 Å². The number of fused-ring (bicyclic) bond motifs is 1. The lowest BCUT2D eigenvalue weighted by atomic mass is 9.81. The van der Waals surface area contributed by atoms with Crippen LogP contribution in [-0.4, -0.2) is 35.7 Å². The van der Waals surface area contributed by atoms with Gasteiger partial charge in [0.1, 0.15) is 0 Å². The van der Waals surface area contributed by atoms with Crippen molar-refractivity contribution in [3.05, 3.63) is 47.2 Å². The van der Waals surface area contributed by atoms with Crippen LogP contribution in [0.15, 0.2) is 36.0 Å². The summed E-state index contributed by atoms with van der Waals surface area (Å²) in [4.78, 5) is 12.9. The van der Waals surface area contributed by atoms with Crippen molar-refractivity contribution >= 4 is 5.91 Å². The van der Waals surface area contributed by atoms with Gasteiger partial charge in [0.15, 0.2) is 0 Å². The molecule has 3 unspecified atom stereocenters. The Morgan fingerprint density at radius 2 is 1.88 bits per heavy atom. The predicted octanol–water partition coefficient (Wildman–Crippen LogP) is 3.22. The first kappa shape index (κ1) is 18.8. The molecule has 26 heavy (non-hydrogen) atoms. The highest BCUT2D eigenvalue weighted by molar-refractivity contribution is 5.91. The van der Waals surface area contributed by atoms with Crippen LogP contribution < -0.4 is 10.7 Å². The van der Waals surface area contributed by atoms with E-state index < -0.39 is 29.1 Å². The van der Waals surface area contributed by atoms with Crippen LogP contribution in [0.5, 0.6) is 0 Å². The first-order valence-electron chi connectivity index (χ1n) is 8.60. The Balaban J connectivity index is 1.95. The molecule has 1 aliphatic carbocycles. The van der Waals surface area contributed by atoms with E-state index in [-0.39, 0.29) is 5.92 Å². The number of rotatable bonds is 2. The smallest absolute Gasteiger partial charge is 0.350 e. The van der Waals surface area contributed by atoms with Crippen LogP contribution in [0.1, 0.15) is 44.7 Å². The molecule has 1 amide bonds. The SMILES string of the molecule is CC1=CC(C(=O)NC2C(C)c3ccccc3C2(C)C)(C(F)(F)F)NN1C. The van der Waals surface area contributed by atoms with E-state index in [9.17, 15) is 18.0 Å². The van der Waals surface area contributed by atoms with Gasteiger partial charge in [0, 0.05) is 30.1 Å². The molecule has 0 saturated heterocycles. The number of hydrogen-bond donors (Lipinski definition) is 2. The molecule has 0 saturated carbocycles. The molecule has 0 radical (unpaired) electrons. The number of amides is 1. The summed E-state index contributed by atoms with van der Waals surface area (Å²) in [6, 6.07) is 7.33. The molecule has 7 heteroatoms. The first-order chi connectivity index (χ1) is 11.9. The summed E-state index contributed by atoms with van der Waals surface area (Å²) in [5, 5.41) is 3.93. The number of hydrazine groups is 1. The highest BCUT2D eigenvalue weighted by Gasteiger charge is 2.63. The van der Waals surface area contributed by atoms with E-state index in [0.717, 1.165) is 17.2 Å². The summed E-state index contributed by atoms with van der Waals surface area (Å²) in [6.07, 6.45) is -3.82. The van der Waals surface area contributed by atoms with E-state index in [0.29, 0.717) is 5.70 Å². The lowest BCUT2D eigenvalue weighted by Crippen LogP contribution is -2.66. The van der Waals surface area contributed by atoms with Crippen LogP contribution >= 0.6 is 0 Å². The van der Waals surface area contributed by atoms with Gasteiger partial charge in [-0.2, -0.15) is 13.2 Å². The molecule has 3 atom stereocenters. The fourth-order valence-corrected chi connectivity index (χ4v) is 4.20. The van der Waals surface area contributed by atoms with E-state index in [1.165, 1.54) is 19.0 Å². The Labute approximate surface area is 151 Å². The van der Waals surface area contributed by atoms with Gasteiger partial charge in [-0.25, -0.2) is 5.43 Å². The zero-order valence-electron chi connectivity index (χ0n) is 15.5. The van der Waals surface area contributed by atoms with Gasteiger partial charge in [-0.3, -0.25) is 4.79 Å². The van der Waals surface area contributed by atoms with Crippen LogP contribution in [0.3, 0.4) is 0 Å². The number of carbonyl (C=O) groups is 1. The second-order valence-corrected chi connectivity index (χ2v) is 7.81. The molecule has 1 aliphatic heterocycles. The Morgan fingerprint density at radius 1 is 1.27 bits per heavy atom. The van der Waals surface area contributed by atoms with E-state index in [1.54, 1.807) is 0 Å². The second-order valence-electron chi connectivity index (χ2n) is 7.81. The maximum absolute atomic E-state index is 13.8. The standard InChI is InChI=1S/C19H24F3N3O/c1-11-10-18(19(20,21)22,24-25(11)5)16(26)23-15-12(2)13-8-6-7-9-14(13)17(15,3)4/h6-10,12,15,24H,1-5H3,(H,23,26). The summed E-state index contributed by atoms with van der Waals surface area (Å²) in [7, 11) is 1.46. The van der Waals surface area contributed by atoms with Crippen LogP contribution in [0.4, 0.5) is 13.2 Å². The van der Waals surface area contributed by atoms with Crippen LogP contribution in [0.2, 0.25) is 0 Å². The van der Waals surface area contributed by atoms with Crippen LogP contribution in [0.25, 0.3) is 0 Å². The third-order valence-corrected chi connectivity index (χ3v) is 5.81. The van der Waals surface area contributed by atoms with E-state index >= 15 is 0 Å². The number of nitrogens with one attached hydrogen (secondary N) is 2. The van der Waals surface area contributed by atoms with Crippen molar-refractivity contribution in [2.45, 2.75) is 56.8 Å². The van der Waals surface area contributed by atoms with Crippen molar-refractivity contribution in [3.8, 4) is 0 Å². The average Bonchev–Trinajstić information content (AvgIpc) is 2.96. The normalized spacial score (nSPS) is 30.2. The topological polar surface area (TPSA) is 44.4 Å². The van der Waals surface area contributed by atoms with Crippen molar-refractivity contribution < 1.29 is 18.0 Å². The summed E-state index contributed by atoms with van der Waals surface area (Å²) < 4.78 is 41.5. The number of halogens is 3. The minimum Gasteiger partial charge on any atom is -0.350 e. The van der Waals surface area contributed by atoms with E-state index in [4.69, 9.17) is 0 Å². The van der Waals surface area contributed by atoms with Crippen molar-refractivity contribution in [1.82, 2.24) is 15.8 Å². The molecule has 1 aromatic rings. The highest BCUT2D eigenvalue weighted by Crippen LogP contribution is 2.46. The molecular formula is C19H24F3N3O. The van der Waals surface area contributed by atoms with Gasteiger partial charge in [0.2, 0.25) is 5.54 Å². The van der Waals surface area contributed by atoms with E-state index in [2.05, 4.69) is 10.7 Å². The van der Waals surface area contributed by atoms with E-state index in [1.807, 2.05) is 45.0 Å². The summed E-state index contributed by atoms with van der Waals surface area (Å²) >= 11 is 0. The van der Waals surface area contributed by atoms with Crippen LogP contribution in [-0.2, 0) is 10.2 Å². The lowest BCUT2D eigenvalue weighted by molar-refractivity contribution is -0.193. The van der Waals surface area contributed by atoms with Gasteiger partial charge < -0.3 is 10.3 Å². The number of alkyl halides is 3. The fourth-order valence-electron chi connectivity index (χ4n) is 4.20. The van der Waals surface area contributed by atoms with Gasteiger partial charge in [0.25, 0.3) is 5.91 Å². The number of nitrogens with zero attached hydrogens (tertiary/aromatic N) is 1. The van der Waals surface area contributed by atoms with Crippen molar-refractivity contribution in [1.29, 1.82) is 0 Å². The third kappa shape index (κ3) is 2.52.